The largest absolute Gasteiger partial charge is 0.324 e. The number of aromatic nitrogens is 3. The number of rotatable bonds is 3. The van der Waals surface area contributed by atoms with E-state index in [0.717, 1.165) is 22.6 Å². The van der Waals surface area contributed by atoms with Crippen LogP contribution in [0.2, 0.25) is 0 Å². The third-order valence-corrected chi connectivity index (χ3v) is 2.82. The van der Waals surface area contributed by atoms with E-state index in [2.05, 4.69) is 20.3 Å². The maximum Gasteiger partial charge on any atom is 0.206 e. The van der Waals surface area contributed by atoms with Crippen molar-refractivity contribution in [3.8, 4) is 11.3 Å². The molecule has 4 nitrogen and oxygen atoms in total. The predicted molar refractivity (Wildman–Crippen MR) is 76.3 cm³/mol. The van der Waals surface area contributed by atoms with Crippen molar-refractivity contribution in [2.45, 2.75) is 6.92 Å². The van der Waals surface area contributed by atoms with Gasteiger partial charge in [0.1, 0.15) is 5.82 Å². The van der Waals surface area contributed by atoms with Gasteiger partial charge in [0.2, 0.25) is 5.95 Å². The summed E-state index contributed by atoms with van der Waals surface area (Å²) >= 11 is 0. The monoisotopic (exact) mass is 250 g/mol. The van der Waals surface area contributed by atoms with Crippen molar-refractivity contribution in [1.82, 2.24) is 15.0 Å². The van der Waals surface area contributed by atoms with Gasteiger partial charge >= 0.3 is 0 Å². The molecule has 0 saturated heterocycles. The Labute approximate surface area is 111 Å². The van der Waals surface area contributed by atoms with Crippen molar-refractivity contribution in [3.05, 3.63) is 60.4 Å². The molecule has 0 aliphatic rings. The summed E-state index contributed by atoms with van der Waals surface area (Å²) in [5.74, 6) is 1.47. The summed E-state index contributed by atoms with van der Waals surface area (Å²) in [6.07, 6.45) is 3.63. The Morgan fingerprint density at radius 3 is 2.53 bits per heavy atom. The summed E-state index contributed by atoms with van der Waals surface area (Å²) in [6.45, 7) is 2.01. The first-order chi connectivity index (χ1) is 9.31. The molecule has 0 bridgehead atoms. The summed E-state index contributed by atoms with van der Waals surface area (Å²) in [6, 6.07) is 14.0. The van der Waals surface area contributed by atoms with Crippen molar-refractivity contribution in [2.24, 2.45) is 0 Å². The van der Waals surface area contributed by atoms with E-state index in [1.54, 1.807) is 0 Å². The van der Waals surface area contributed by atoms with Gasteiger partial charge in [-0.1, -0.05) is 36.4 Å². The van der Waals surface area contributed by atoms with Crippen LogP contribution in [0.25, 0.3) is 11.3 Å². The number of nitrogens with one attached hydrogen (secondary N) is 2. The summed E-state index contributed by atoms with van der Waals surface area (Å²) in [5, 5.41) is 3.14. The minimum atomic E-state index is 0.690. The minimum absolute atomic E-state index is 0.690. The average Bonchev–Trinajstić information content (AvgIpc) is 2.91. The number of benzene rings is 1. The fraction of sp³-hybridized carbons (Fsp3) is 0.0667. The molecule has 4 heteroatoms. The molecule has 0 unspecified atom stereocenters. The Hall–Kier alpha value is -2.62. The number of hydrogen-bond acceptors (Lipinski definition) is 3. The Bertz CT molecular complexity index is 656. The predicted octanol–water partition coefficient (Wildman–Crippen LogP) is 3.52. The van der Waals surface area contributed by atoms with Gasteiger partial charge in [-0.25, -0.2) is 9.97 Å². The van der Waals surface area contributed by atoms with Gasteiger partial charge < -0.3 is 10.3 Å². The van der Waals surface area contributed by atoms with E-state index in [9.17, 15) is 0 Å². The van der Waals surface area contributed by atoms with Crippen LogP contribution in [-0.2, 0) is 0 Å². The van der Waals surface area contributed by atoms with E-state index in [1.165, 1.54) is 0 Å². The zero-order valence-corrected chi connectivity index (χ0v) is 10.6. The van der Waals surface area contributed by atoms with Crippen LogP contribution in [0.1, 0.15) is 5.56 Å². The molecule has 2 heterocycles. The molecule has 0 aliphatic carbocycles. The molecule has 3 rings (SSSR count). The number of anilines is 2. The van der Waals surface area contributed by atoms with E-state index in [-0.39, 0.29) is 0 Å². The Morgan fingerprint density at radius 2 is 1.79 bits per heavy atom. The second-order valence-corrected chi connectivity index (χ2v) is 4.36. The molecule has 0 atom stereocenters. The number of nitrogens with zero attached hydrogens (tertiary/aromatic N) is 2. The lowest BCUT2D eigenvalue weighted by Crippen LogP contribution is -1.94. The number of aromatic amines is 1. The maximum atomic E-state index is 4.30. The van der Waals surface area contributed by atoms with Gasteiger partial charge in [-0.15, -0.1) is 0 Å². The highest BCUT2D eigenvalue weighted by Gasteiger charge is 2.03. The topological polar surface area (TPSA) is 53.6 Å². The Morgan fingerprint density at radius 1 is 0.947 bits per heavy atom. The highest BCUT2D eigenvalue weighted by Crippen LogP contribution is 2.19. The zero-order chi connectivity index (χ0) is 13.1. The molecule has 0 saturated carbocycles. The van der Waals surface area contributed by atoms with Crippen molar-refractivity contribution in [1.29, 1.82) is 0 Å². The van der Waals surface area contributed by atoms with Crippen LogP contribution in [0.15, 0.2) is 54.9 Å². The molecule has 19 heavy (non-hydrogen) atoms. The number of hydrogen-bond donors (Lipinski definition) is 2. The van der Waals surface area contributed by atoms with E-state index >= 15 is 0 Å². The second kappa shape index (κ2) is 4.94. The molecule has 0 radical (unpaired) electrons. The van der Waals surface area contributed by atoms with Crippen LogP contribution in [0.4, 0.5) is 11.8 Å². The average molecular weight is 250 g/mol. The molecule has 2 aromatic heterocycles. The van der Waals surface area contributed by atoms with Gasteiger partial charge in [-0.05, 0) is 24.1 Å². The highest BCUT2D eigenvalue weighted by molar-refractivity contribution is 5.61. The zero-order valence-electron chi connectivity index (χ0n) is 10.6. The number of aryl methyl sites for hydroxylation is 1. The van der Waals surface area contributed by atoms with Gasteiger partial charge in [0.25, 0.3) is 0 Å². The molecule has 2 N–H and O–H groups in total. The van der Waals surface area contributed by atoms with Crippen molar-refractivity contribution >= 4 is 11.8 Å². The third kappa shape index (κ3) is 2.63. The van der Waals surface area contributed by atoms with Gasteiger partial charge in [-0.2, -0.15) is 0 Å². The normalized spacial score (nSPS) is 10.4. The van der Waals surface area contributed by atoms with E-state index in [0.29, 0.717) is 5.95 Å². The summed E-state index contributed by atoms with van der Waals surface area (Å²) in [7, 11) is 0. The SMILES string of the molecule is Cc1ccc(Nc2ncc(-c3ccccc3)[nH]2)nc1. The molecule has 0 amide bonds. The summed E-state index contributed by atoms with van der Waals surface area (Å²) in [4.78, 5) is 11.8. The maximum absolute atomic E-state index is 4.30. The lowest BCUT2D eigenvalue weighted by molar-refractivity contribution is 1.21. The first-order valence-electron chi connectivity index (χ1n) is 6.11. The first kappa shape index (κ1) is 11.5. The molecule has 3 aromatic rings. The molecule has 0 spiro atoms. The first-order valence-corrected chi connectivity index (χ1v) is 6.11. The molecule has 0 aliphatic heterocycles. The van der Waals surface area contributed by atoms with Crippen LogP contribution >= 0.6 is 0 Å². The molecular formula is C15H14N4. The van der Waals surface area contributed by atoms with Crippen molar-refractivity contribution in [3.63, 3.8) is 0 Å². The number of pyridine rings is 1. The molecular weight excluding hydrogens is 236 g/mol. The van der Waals surface area contributed by atoms with E-state index in [1.807, 2.05) is 61.8 Å². The number of imidazole rings is 1. The third-order valence-electron chi connectivity index (χ3n) is 2.82. The number of H-pyrrole nitrogens is 1. The van der Waals surface area contributed by atoms with Crippen LogP contribution in [-0.4, -0.2) is 15.0 Å². The van der Waals surface area contributed by atoms with Gasteiger partial charge in [0.15, 0.2) is 0 Å². The Kier molecular flexibility index (Phi) is 2.98. The van der Waals surface area contributed by atoms with E-state index < -0.39 is 0 Å². The van der Waals surface area contributed by atoms with Gasteiger partial charge in [0, 0.05) is 6.20 Å². The van der Waals surface area contributed by atoms with Crippen LogP contribution < -0.4 is 5.32 Å². The van der Waals surface area contributed by atoms with Gasteiger partial charge in [-0.3, -0.25) is 0 Å². The lowest BCUT2D eigenvalue weighted by Gasteiger charge is -2.01. The Balaban J connectivity index is 1.80. The van der Waals surface area contributed by atoms with Crippen LogP contribution in [0, 0.1) is 6.92 Å². The van der Waals surface area contributed by atoms with Crippen molar-refractivity contribution in [2.75, 3.05) is 5.32 Å². The second-order valence-electron chi connectivity index (χ2n) is 4.36. The molecule has 94 valence electrons. The standard InChI is InChI=1S/C15H14N4/c1-11-7-8-14(16-9-11)19-15-17-10-13(18-15)12-5-3-2-4-6-12/h2-10H,1H3,(H2,16,17,18,19). The fourth-order valence-electron chi connectivity index (χ4n) is 1.81. The smallest absolute Gasteiger partial charge is 0.206 e. The molecule has 0 fully saturated rings. The van der Waals surface area contributed by atoms with E-state index in [4.69, 9.17) is 0 Å². The summed E-state index contributed by atoms with van der Waals surface area (Å²) < 4.78 is 0. The minimum Gasteiger partial charge on any atom is -0.324 e. The quantitative estimate of drug-likeness (QED) is 0.747. The fourth-order valence-corrected chi connectivity index (χ4v) is 1.81. The summed E-state index contributed by atoms with van der Waals surface area (Å²) in [5.41, 5.74) is 3.23. The lowest BCUT2D eigenvalue weighted by atomic mass is 10.2. The van der Waals surface area contributed by atoms with Crippen LogP contribution in [0.3, 0.4) is 0 Å². The van der Waals surface area contributed by atoms with Gasteiger partial charge in [0.05, 0.1) is 11.9 Å². The highest BCUT2D eigenvalue weighted by atomic mass is 15.1. The van der Waals surface area contributed by atoms with Crippen molar-refractivity contribution < 1.29 is 0 Å². The van der Waals surface area contributed by atoms with Crippen LogP contribution in [0.5, 0.6) is 0 Å². The molecule has 1 aromatic carbocycles.